The average molecular weight is 336 g/mol. The maximum atomic E-state index is 12.3. The van der Waals surface area contributed by atoms with E-state index in [4.69, 9.17) is 0 Å². The van der Waals surface area contributed by atoms with Gasteiger partial charge in [0.15, 0.2) is 0 Å². The van der Waals surface area contributed by atoms with E-state index < -0.39 is 5.54 Å². The smallest absolute Gasteiger partial charge is 0.235 e. The lowest BCUT2D eigenvalue weighted by Crippen LogP contribution is -2.51. The number of hydrogen-bond acceptors (Lipinski definition) is 4. The zero-order valence-electron chi connectivity index (χ0n) is 14.9. The molecule has 2 unspecified atom stereocenters. The molecule has 5 nitrogen and oxygen atoms in total. The summed E-state index contributed by atoms with van der Waals surface area (Å²) < 4.78 is 0. The van der Waals surface area contributed by atoms with Gasteiger partial charge in [-0.3, -0.25) is 15.1 Å². The molecule has 0 spiro atoms. The average Bonchev–Trinajstić information content (AvgIpc) is 2.63. The Balaban J connectivity index is 2.11. The summed E-state index contributed by atoms with van der Waals surface area (Å²) in [7, 11) is 0. The Kier molecular flexibility index (Phi) is 6.26. The van der Waals surface area contributed by atoms with Crippen LogP contribution in [0.15, 0.2) is 54.7 Å². The molecule has 2 aromatic rings. The van der Waals surface area contributed by atoms with Crippen LogP contribution < -0.4 is 10.6 Å². The second kappa shape index (κ2) is 8.41. The number of rotatable bonds is 7. The van der Waals surface area contributed by atoms with E-state index in [9.17, 15) is 10.1 Å². The van der Waals surface area contributed by atoms with Crippen molar-refractivity contribution in [2.75, 3.05) is 6.54 Å². The van der Waals surface area contributed by atoms with Gasteiger partial charge in [-0.15, -0.1) is 0 Å². The van der Waals surface area contributed by atoms with Gasteiger partial charge in [0.25, 0.3) is 0 Å². The first-order chi connectivity index (χ1) is 12.0. The van der Waals surface area contributed by atoms with Crippen LogP contribution in [0.2, 0.25) is 0 Å². The summed E-state index contributed by atoms with van der Waals surface area (Å²) in [5, 5.41) is 15.4. The zero-order chi connectivity index (χ0) is 18.3. The van der Waals surface area contributed by atoms with Crippen molar-refractivity contribution in [2.24, 2.45) is 5.92 Å². The van der Waals surface area contributed by atoms with Gasteiger partial charge in [-0.1, -0.05) is 50.2 Å². The molecule has 0 radical (unpaired) electrons. The van der Waals surface area contributed by atoms with Crippen molar-refractivity contribution in [1.29, 1.82) is 5.26 Å². The number of aromatic nitrogens is 1. The minimum Gasteiger partial charge on any atom is -0.337 e. The Morgan fingerprint density at radius 2 is 1.88 bits per heavy atom. The fourth-order valence-corrected chi connectivity index (χ4v) is 2.42. The topological polar surface area (TPSA) is 77.8 Å². The van der Waals surface area contributed by atoms with Gasteiger partial charge in [0.1, 0.15) is 5.54 Å². The monoisotopic (exact) mass is 336 g/mol. The highest BCUT2D eigenvalue weighted by atomic mass is 16.2. The van der Waals surface area contributed by atoms with Gasteiger partial charge >= 0.3 is 0 Å². The lowest BCUT2D eigenvalue weighted by atomic mass is 9.90. The quantitative estimate of drug-likeness (QED) is 0.815. The van der Waals surface area contributed by atoms with Crippen molar-refractivity contribution in [3.63, 3.8) is 0 Å². The normalized spacial score (nSPS) is 14.4. The first kappa shape index (κ1) is 18.6. The van der Waals surface area contributed by atoms with E-state index in [1.807, 2.05) is 62.4 Å². The molecule has 1 aromatic carbocycles. The van der Waals surface area contributed by atoms with Gasteiger partial charge in [0.05, 0.1) is 24.3 Å². The summed E-state index contributed by atoms with van der Waals surface area (Å²) in [4.78, 5) is 16.7. The van der Waals surface area contributed by atoms with E-state index in [1.165, 1.54) is 0 Å². The van der Waals surface area contributed by atoms with E-state index in [0.29, 0.717) is 0 Å². The summed E-state index contributed by atoms with van der Waals surface area (Å²) in [6.07, 6.45) is 1.73. The lowest BCUT2D eigenvalue weighted by molar-refractivity contribution is -0.121. The number of nitriles is 1. The molecule has 0 fully saturated rings. The summed E-state index contributed by atoms with van der Waals surface area (Å²) in [5.74, 6) is -0.197. The van der Waals surface area contributed by atoms with Crippen LogP contribution in [0.4, 0.5) is 0 Å². The third-order valence-corrected chi connectivity index (χ3v) is 4.37. The number of pyridine rings is 1. The second-order valence-corrected chi connectivity index (χ2v) is 6.50. The minimum absolute atomic E-state index is 0.0159. The number of carbonyl (C=O) groups excluding carboxylic acids is 1. The van der Waals surface area contributed by atoms with Gasteiger partial charge in [-0.05, 0) is 30.5 Å². The minimum atomic E-state index is -0.883. The van der Waals surface area contributed by atoms with Gasteiger partial charge in [-0.25, -0.2) is 0 Å². The SMILES string of the molecule is CC(C)C(C)(C#N)NC(=O)CNC(c1ccccc1)c1ccccn1. The second-order valence-electron chi connectivity index (χ2n) is 6.50. The number of carbonyl (C=O) groups is 1. The molecule has 0 saturated heterocycles. The van der Waals surface area contributed by atoms with Crippen LogP contribution in [-0.4, -0.2) is 23.0 Å². The molecular weight excluding hydrogens is 312 g/mol. The molecule has 2 N–H and O–H groups in total. The van der Waals surface area contributed by atoms with Crippen molar-refractivity contribution in [3.8, 4) is 6.07 Å². The fraction of sp³-hybridized carbons (Fsp3) is 0.350. The number of benzene rings is 1. The maximum Gasteiger partial charge on any atom is 0.235 e. The summed E-state index contributed by atoms with van der Waals surface area (Å²) in [6.45, 7) is 5.66. The molecule has 1 amide bonds. The highest BCUT2D eigenvalue weighted by Crippen LogP contribution is 2.20. The van der Waals surface area contributed by atoms with Gasteiger partial charge in [0, 0.05) is 6.20 Å². The first-order valence-electron chi connectivity index (χ1n) is 8.38. The van der Waals surface area contributed by atoms with Gasteiger partial charge < -0.3 is 5.32 Å². The largest absolute Gasteiger partial charge is 0.337 e. The van der Waals surface area contributed by atoms with E-state index >= 15 is 0 Å². The van der Waals surface area contributed by atoms with Crippen LogP contribution in [0.3, 0.4) is 0 Å². The van der Waals surface area contributed by atoms with E-state index in [1.54, 1.807) is 13.1 Å². The number of nitrogens with one attached hydrogen (secondary N) is 2. The van der Waals surface area contributed by atoms with Crippen molar-refractivity contribution in [1.82, 2.24) is 15.6 Å². The molecule has 1 aromatic heterocycles. The van der Waals surface area contributed by atoms with Crippen LogP contribution >= 0.6 is 0 Å². The van der Waals surface area contributed by atoms with E-state index in [2.05, 4.69) is 21.7 Å². The molecule has 2 rings (SSSR count). The summed E-state index contributed by atoms with van der Waals surface area (Å²) in [6, 6.07) is 17.6. The Hall–Kier alpha value is -2.71. The molecule has 0 aliphatic heterocycles. The van der Waals surface area contributed by atoms with Crippen molar-refractivity contribution in [3.05, 3.63) is 66.0 Å². The first-order valence-corrected chi connectivity index (χ1v) is 8.38. The summed E-state index contributed by atoms with van der Waals surface area (Å²) >= 11 is 0. The Morgan fingerprint density at radius 3 is 2.44 bits per heavy atom. The fourth-order valence-electron chi connectivity index (χ4n) is 2.42. The zero-order valence-corrected chi connectivity index (χ0v) is 14.9. The molecule has 0 bridgehead atoms. The van der Waals surface area contributed by atoms with Crippen molar-refractivity contribution >= 4 is 5.91 Å². The van der Waals surface area contributed by atoms with E-state index in [0.717, 1.165) is 11.3 Å². The highest BCUT2D eigenvalue weighted by molar-refractivity contribution is 5.79. The van der Waals surface area contributed by atoms with Crippen LogP contribution in [0.25, 0.3) is 0 Å². The third kappa shape index (κ3) is 4.88. The molecule has 25 heavy (non-hydrogen) atoms. The Bertz CT molecular complexity index is 685. The molecule has 0 saturated carbocycles. The molecule has 2 atom stereocenters. The van der Waals surface area contributed by atoms with E-state index in [-0.39, 0.29) is 24.4 Å². The molecule has 5 heteroatoms. The van der Waals surface area contributed by atoms with Crippen molar-refractivity contribution < 1.29 is 4.79 Å². The number of hydrogen-bond donors (Lipinski definition) is 2. The molecule has 130 valence electrons. The van der Waals surface area contributed by atoms with Crippen LogP contribution in [-0.2, 0) is 4.79 Å². The van der Waals surface area contributed by atoms with Crippen LogP contribution in [0.1, 0.15) is 38.1 Å². The lowest BCUT2D eigenvalue weighted by Gasteiger charge is -2.28. The number of amides is 1. The molecular formula is C20H24N4O. The maximum absolute atomic E-state index is 12.3. The summed E-state index contributed by atoms with van der Waals surface area (Å²) in [5.41, 5.74) is 0.987. The van der Waals surface area contributed by atoms with Crippen LogP contribution in [0, 0.1) is 17.2 Å². The van der Waals surface area contributed by atoms with Crippen LogP contribution in [0.5, 0.6) is 0 Å². The predicted molar refractivity (Wildman–Crippen MR) is 97.5 cm³/mol. The molecule has 0 aliphatic rings. The van der Waals surface area contributed by atoms with Gasteiger partial charge in [-0.2, -0.15) is 5.26 Å². The Labute approximate surface area is 149 Å². The molecule has 1 heterocycles. The standard InChI is InChI=1S/C20H24N4O/c1-15(2)20(3,14-21)24-18(25)13-23-19(16-9-5-4-6-10-16)17-11-7-8-12-22-17/h4-12,15,19,23H,13H2,1-3H3,(H,24,25). The Morgan fingerprint density at radius 1 is 1.20 bits per heavy atom. The predicted octanol–water partition coefficient (Wildman–Crippen LogP) is 2.82. The number of nitrogens with zero attached hydrogens (tertiary/aromatic N) is 2. The molecule has 0 aliphatic carbocycles. The third-order valence-electron chi connectivity index (χ3n) is 4.37. The van der Waals surface area contributed by atoms with Crippen molar-refractivity contribution in [2.45, 2.75) is 32.4 Å². The van der Waals surface area contributed by atoms with Gasteiger partial charge in [0.2, 0.25) is 5.91 Å². The highest BCUT2D eigenvalue weighted by Gasteiger charge is 2.30.